The van der Waals surface area contributed by atoms with E-state index in [0.717, 1.165) is 5.56 Å². The fraction of sp³-hybridized carbons (Fsp3) is 0.333. The Hall–Kier alpha value is -1.78. The molecule has 0 aliphatic heterocycles. The topological polar surface area (TPSA) is 58.2 Å². The van der Waals surface area contributed by atoms with Gasteiger partial charge in [-0.25, -0.2) is 4.79 Å². The first-order valence-electron chi connectivity index (χ1n) is 4.20. The molecule has 0 aromatic carbocycles. The Morgan fingerprint density at radius 2 is 2.64 bits per heavy atom. The molecule has 1 aromatic heterocycles. The van der Waals surface area contributed by atoms with Gasteiger partial charge < -0.3 is 9.64 Å². The number of amides is 1. The van der Waals surface area contributed by atoms with Crippen molar-refractivity contribution in [3.63, 3.8) is 0 Å². The number of rotatable bonds is 4. The summed E-state index contributed by atoms with van der Waals surface area (Å²) >= 11 is 0. The van der Waals surface area contributed by atoms with Gasteiger partial charge in [-0.1, -0.05) is 12.7 Å². The molecule has 0 atom stereocenters. The van der Waals surface area contributed by atoms with E-state index in [1.807, 2.05) is 0 Å². The molecule has 76 valence electrons. The van der Waals surface area contributed by atoms with Gasteiger partial charge in [0.1, 0.15) is 6.61 Å². The van der Waals surface area contributed by atoms with Gasteiger partial charge in [0.05, 0.1) is 12.7 Å². The molecule has 0 aliphatic rings. The summed E-state index contributed by atoms with van der Waals surface area (Å²) in [4.78, 5) is 12.7. The number of hydrogen-bond donors (Lipinski definition) is 1. The van der Waals surface area contributed by atoms with Crippen molar-refractivity contribution in [2.45, 2.75) is 6.54 Å². The van der Waals surface area contributed by atoms with Crippen molar-refractivity contribution in [2.24, 2.45) is 0 Å². The molecule has 1 heterocycles. The molecule has 0 saturated heterocycles. The van der Waals surface area contributed by atoms with E-state index in [1.165, 1.54) is 11.0 Å². The highest BCUT2D eigenvalue weighted by Crippen LogP contribution is 2.00. The van der Waals surface area contributed by atoms with Gasteiger partial charge in [-0.15, -0.1) is 0 Å². The SMILES string of the molecule is C=CCOC(=O)N(C)Cc1cn[nH]c1. The van der Waals surface area contributed by atoms with E-state index < -0.39 is 0 Å². The van der Waals surface area contributed by atoms with Crippen LogP contribution in [0.2, 0.25) is 0 Å². The van der Waals surface area contributed by atoms with Gasteiger partial charge in [0.25, 0.3) is 0 Å². The Morgan fingerprint density at radius 3 is 3.21 bits per heavy atom. The van der Waals surface area contributed by atoms with Crippen molar-refractivity contribution in [3.05, 3.63) is 30.6 Å². The molecule has 0 bridgehead atoms. The standard InChI is InChI=1S/C9H13N3O2/c1-3-4-14-9(13)12(2)7-8-5-10-11-6-8/h3,5-6H,1,4,7H2,2H3,(H,10,11). The minimum absolute atomic E-state index is 0.231. The second-order valence-corrected chi connectivity index (χ2v) is 2.83. The summed E-state index contributed by atoms with van der Waals surface area (Å²) in [6, 6.07) is 0. The molecule has 1 rings (SSSR count). The van der Waals surface area contributed by atoms with Crippen molar-refractivity contribution in [3.8, 4) is 0 Å². The molecular weight excluding hydrogens is 182 g/mol. The molecule has 1 amide bonds. The number of hydrogen-bond acceptors (Lipinski definition) is 3. The van der Waals surface area contributed by atoms with E-state index in [4.69, 9.17) is 4.74 Å². The summed E-state index contributed by atoms with van der Waals surface area (Å²) in [5.41, 5.74) is 0.933. The first kappa shape index (κ1) is 10.3. The van der Waals surface area contributed by atoms with Crippen LogP contribution in [0.1, 0.15) is 5.56 Å². The molecule has 0 spiro atoms. The highest BCUT2D eigenvalue weighted by molar-refractivity contribution is 5.67. The number of ether oxygens (including phenoxy) is 1. The predicted molar refractivity (Wildman–Crippen MR) is 51.6 cm³/mol. The summed E-state index contributed by atoms with van der Waals surface area (Å²) in [5.74, 6) is 0. The van der Waals surface area contributed by atoms with Crippen molar-refractivity contribution in [1.82, 2.24) is 15.1 Å². The lowest BCUT2D eigenvalue weighted by atomic mass is 10.3. The van der Waals surface area contributed by atoms with Crippen LogP contribution in [0.5, 0.6) is 0 Å². The number of nitrogens with one attached hydrogen (secondary N) is 1. The fourth-order valence-electron chi connectivity index (χ4n) is 0.943. The third-order valence-electron chi connectivity index (χ3n) is 1.61. The molecule has 0 radical (unpaired) electrons. The van der Waals surface area contributed by atoms with Gasteiger partial charge in [-0.2, -0.15) is 5.10 Å². The quantitative estimate of drug-likeness (QED) is 0.733. The number of carbonyl (C=O) groups is 1. The first-order chi connectivity index (χ1) is 6.74. The molecule has 0 aliphatic carbocycles. The lowest BCUT2D eigenvalue weighted by Gasteiger charge is -2.14. The summed E-state index contributed by atoms with van der Waals surface area (Å²) in [5, 5.41) is 6.45. The maximum atomic E-state index is 11.3. The van der Waals surface area contributed by atoms with Crippen LogP contribution < -0.4 is 0 Å². The average Bonchev–Trinajstić information content (AvgIpc) is 2.66. The zero-order chi connectivity index (χ0) is 10.4. The summed E-state index contributed by atoms with van der Waals surface area (Å²) in [6.07, 6.45) is 4.56. The van der Waals surface area contributed by atoms with Crippen molar-refractivity contribution < 1.29 is 9.53 Å². The van der Waals surface area contributed by atoms with Crippen LogP contribution in [0.15, 0.2) is 25.0 Å². The number of aromatic nitrogens is 2. The monoisotopic (exact) mass is 195 g/mol. The molecule has 5 heteroatoms. The second-order valence-electron chi connectivity index (χ2n) is 2.83. The first-order valence-corrected chi connectivity index (χ1v) is 4.20. The maximum Gasteiger partial charge on any atom is 0.410 e. The summed E-state index contributed by atoms with van der Waals surface area (Å²) in [7, 11) is 1.67. The highest BCUT2D eigenvalue weighted by Gasteiger charge is 2.09. The molecular formula is C9H13N3O2. The Kier molecular flexibility index (Phi) is 3.72. The Morgan fingerprint density at radius 1 is 1.86 bits per heavy atom. The van der Waals surface area contributed by atoms with Crippen LogP contribution in [-0.2, 0) is 11.3 Å². The zero-order valence-corrected chi connectivity index (χ0v) is 8.06. The van der Waals surface area contributed by atoms with Crippen LogP contribution >= 0.6 is 0 Å². The van der Waals surface area contributed by atoms with Gasteiger partial charge in [-0.05, 0) is 0 Å². The van der Waals surface area contributed by atoms with Crippen LogP contribution in [-0.4, -0.2) is 34.8 Å². The summed E-state index contributed by atoms with van der Waals surface area (Å²) < 4.78 is 4.84. The second kappa shape index (κ2) is 5.06. The summed E-state index contributed by atoms with van der Waals surface area (Å²) in [6.45, 7) is 4.17. The lowest BCUT2D eigenvalue weighted by Crippen LogP contribution is -2.26. The normalized spacial score (nSPS) is 9.50. The van der Waals surface area contributed by atoms with Crippen LogP contribution in [0.3, 0.4) is 0 Å². The maximum absolute atomic E-state index is 11.3. The van der Waals surface area contributed by atoms with E-state index in [2.05, 4.69) is 16.8 Å². The molecule has 0 saturated carbocycles. The van der Waals surface area contributed by atoms with Crippen molar-refractivity contribution in [2.75, 3.05) is 13.7 Å². The number of H-pyrrole nitrogens is 1. The number of aromatic amines is 1. The van der Waals surface area contributed by atoms with Gasteiger partial charge in [0.2, 0.25) is 0 Å². The lowest BCUT2D eigenvalue weighted by molar-refractivity contribution is 0.119. The predicted octanol–water partition coefficient (Wildman–Crippen LogP) is 1.16. The third-order valence-corrected chi connectivity index (χ3v) is 1.61. The van der Waals surface area contributed by atoms with Gasteiger partial charge in [0, 0.05) is 18.8 Å². The Labute approximate surface area is 82.4 Å². The third kappa shape index (κ3) is 2.93. The van der Waals surface area contributed by atoms with Crippen molar-refractivity contribution in [1.29, 1.82) is 0 Å². The average molecular weight is 195 g/mol. The molecule has 1 N–H and O–H groups in total. The highest BCUT2D eigenvalue weighted by atomic mass is 16.6. The van der Waals surface area contributed by atoms with Gasteiger partial charge >= 0.3 is 6.09 Å². The van der Waals surface area contributed by atoms with E-state index in [9.17, 15) is 4.79 Å². The van der Waals surface area contributed by atoms with Crippen LogP contribution in [0.4, 0.5) is 4.79 Å². The smallest absolute Gasteiger partial charge is 0.410 e. The van der Waals surface area contributed by atoms with E-state index in [1.54, 1.807) is 19.4 Å². The van der Waals surface area contributed by atoms with E-state index in [0.29, 0.717) is 6.54 Å². The molecule has 14 heavy (non-hydrogen) atoms. The number of nitrogens with zero attached hydrogens (tertiary/aromatic N) is 2. The van der Waals surface area contributed by atoms with Crippen LogP contribution in [0, 0.1) is 0 Å². The van der Waals surface area contributed by atoms with E-state index in [-0.39, 0.29) is 12.7 Å². The van der Waals surface area contributed by atoms with Gasteiger partial charge in [-0.3, -0.25) is 5.10 Å². The molecule has 0 fully saturated rings. The molecule has 0 unspecified atom stereocenters. The molecule has 1 aromatic rings. The van der Waals surface area contributed by atoms with Crippen molar-refractivity contribution >= 4 is 6.09 Å². The minimum atomic E-state index is -0.369. The Balaban J connectivity index is 2.37. The molecule has 5 nitrogen and oxygen atoms in total. The Bertz CT molecular complexity index is 295. The largest absolute Gasteiger partial charge is 0.445 e. The minimum Gasteiger partial charge on any atom is -0.445 e. The van der Waals surface area contributed by atoms with E-state index >= 15 is 0 Å². The fourth-order valence-corrected chi connectivity index (χ4v) is 0.943. The van der Waals surface area contributed by atoms with Crippen LogP contribution in [0.25, 0.3) is 0 Å². The number of carbonyl (C=O) groups excluding carboxylic acids is 1. The zero-order valence-electron chi connectivity index (χ0n) is 8.06. The van der Waals surface area contributed by atoms with Gasteiger partial charge in [0.15, 0.2) is 0 Å².